The topological polar surface area (TPSA) is 118 Å². The summed E-state index contributed by atoms with van der Waals surface area (Å²) in [5, 5.41) is 19.0. The highest BCUT2D eigenvalue weighted by Crippen LogP contribution is 2.75. The third-order valence-corrected chi connectivity index (χ3v) is 14.3. The van der Waals surface area contributed by atoms with Crippen molar-refractivity contribution in [3.63, 3.8) is 0 Å². The second-order valence-electron chi connectivity index (χ2n) is 17.0. The van der Waals surface area contributed by atoms with E-state index in [0.29, 0.717) is 32.1 Å². The normalized spacial score (nSPS) is 45.0. The summed E-state index contributed by atoms with van der Waals surface area (Å²) < 4.78 is 6.08. The number of ketones is 1. The monoisotopic (exact) mass is 598 g/mol. The van der Waals surface area contributed by atoms with Gasteiger partial charge in [0.05, 0.1) is 5.41 Å². The summed E-state index contributed by atoms with van der Waals surface area (Å²) in [5.41, 5.74) is -0.415. The average molecular weight is 599 g/mol. The van der Waals surface area contributed by atoms with E-state index in [1.807, 2.05) is 13.0 Å². The second-order valence-corrected chi connectivity index (χ2v) is 17.0. The number of carbonyl (C=O) groups is 4. The Labute approximate surface area is 257 Å². The molecule has 0 saturated heterocycles. The van der Waals surface area contributed by atoms with Gasteiger partial charge in [-0.05, 0) is 117 Å². The smallest absolute Gasteiger partial charge is 0.309 e. The van der Waals surface area contributed by atoms with Crippen molar-refractivity contribution in [3.05, 3.63) is 11.6 Å². The molecule has 7 nitrogen and oxygen atoms in total. The number of unbranched alkanes of at least 4 members (excludes halogenated alkanes) is 1. The van der Waals surface area contributed by atoms with Gasteiger partial charge >= 0.3 is 17.9 Å². The number of rotatable bonds is 7. The van der Waals surface area contributed by atoms with E-state index in [2.05, 4.69) is 41.5 Å². The van der Waals surface area contributed by atoms with E-state index in [0.717, 1.165) is 38.5 Å². The number of carbonyl (C=O) groups excluding carboxylic acids is 2. The van der Waals surface area contributed by atoms with Crippen LogP contribution in [0.3, 0.4) is 0 Å². The maximum atomic E-state index is 14.5. The van der Waals surface area contributed by atoms with E-state index in [9.17, 15) is 24.3 Å². The molecule has 0 radical (unpaired) electrons. The number of hydrogen-bond donors (Lipinski definition) is 2. The number of carboxylic acids is 2. The second kappa shape index (κ2) is 10.4. The Hall–Kier alpha value is -2.18. The van der Waals surface area contributed by atoms with Gasteiger partial charge in [-0.15, -0.1) is 0 Å². The molecule has 7 heteroatoms. The number of hydrogen-bond acceptors (Lipinski definition) is 5. The highest BCUT2D eigenvalue weighted by atomic mass is 16.5. The van der Waals surface area contributed by atoms with Crippen LogP contribution >= 0.6 is 0 Å². The number of aliphatic carboxylic acids is 2. The van der Waals surface area contributed by atoms with Crippen molar-refractivity contribution >= 4 is 23.7 Å². The fraction of sp³-hybridized carbons (Fsp3) is 0.833. The maximum Gasteiger partial charge on any atom is 0.309 e. The Balaban J connectivity index is 1.42. The molecule has 0 aromatic carbocycles. The predicted molar refractivity (Wildman–Crippen MR) is 163 cm³/mol. The minimum Gasteiger partial charge on any atom is -0.481 e. The summed E-state index contributed by atoms with van der Waals surface area (Å²) >= 11 is 0. The molecule has 4 fully saturated rings. The average Bonchev–Trinajstić information content (AvgIpc) is 2.90. The van der Waals surface area contributed by atoms with Gasteiger partial charge in [-0.25, -0.2) is 0 Å². The van der Waals surface area contributed by atoms with Crippen LogP contribution in [0.25, 0.3) is 0 Å². The summed E-state index contributed by atoms with van der Waals surface area (Å²) in [5.74, 6) is -1.40. The van der Waals surface area contributed by atoms with Crippen molar-refractivity contribution in [2.45, 2.75) is 138 Å². The van der Waals surface area contributed by atoms with Gasteiger partial charge in [0.2, 0.25) is 0 Å². The van der Waals surface area contributed by atoms with Gasteiger partial charge in [-0.3, -0.25) is 19.2 Å². The van der Waals surface area contributed by atoms with Crippen molar-refractivity contribution < 1.29 is 34.1 Å². The molecule has 43 heavy (non-hydrogen) atoms. The molecule has 240 valence electrons. The summed E-state index contributed by atoms with van der Waals surface area (Å²) in [4.78, 5) is 50.5. The standard InChI is InChI=1S/C36H54O7/c1-31(2)25-12-15-36(7)29(34(25,5)14-13-26(31)43-28(40)11-9-8-10-27(38)39)24(37)20-22-23-21-33(4,30(41)42)17-16-32(23,3)18-19-35(22,36)6/h20,23,25-26,29H,8-19,21H2,1-7H3,(H,38,39)(H,41,42)/t23-,25-,26-,29+,32+,33-,34-,35+,36+/m0/s1. The molecule has 0 amide bonds. The molecule has 0 spiro atoms. The van der Waals surface area contributed by atoms with Crippen molar-refractivity contribution in [1.82, 2.24) is 0 Å². The van der Waals surface area contributed by atoms with Gasteiger partial charge in [-0.2, -0.15) is 0 Å². The summed E-state index contributed by atoms with van der Waals surface area (Å²) in [7, 11) is 0. The lowest BCUT2D eigenvalue weighted by molar-refractivity contribution is -0.211. The zero-order chi connectivity index (χ0) is 31.8. The number of fused-ring (bicyclic) bond motifs is 7. The van der Waals surface area contributed by atoms with Crippen LogP contribution < -0.4 is 0 Å². The molecule has 5 aliphatic carbocycles. The quantitative estimate of drug-likeness (QED) is 0.229. The fourth-order valence-corrected chi connectivity index (χ4v) is 11.3. The lowest BCUT2D eigenvalue weighted by atomic mass is 9.33. The van der Waals surface area contributed by atoms with Gasteiger partial charge < -0.3 is 14.9 Å². The lowest BCUT2D eigenvalue weighted by Crippen LogP contribution is -2.66. The van der Waals surface area contributed by atoms with Crippen LogP contribution in [0.4, 0.5) is 0 Å². The van der Waals surface area contributed by atoms with Crippen LogP contribution in [-0.2, 0) is 23.9 Å². The molecule has 4 saturated carbocycles. The molecule has 0 unspecified atom stereocenters. The first kappa shape index (κ1) is 32.2. The molecular formula is C36H54O7. The van der Waals surface area contributed by atoms with Crippen LogP contribution in [0.5, 0.6) is 0 Å². The van der Waals surface area contributed by atoms with E-state index in [1.54, 1.807) is 0 Å². The zero-order valence-corrected chi connectivity index (χ0v) is 27.5. The Bertz CT molecular complexity index is 1230. The number of carboxylic acid groups (broad SMARTS) is 2. The first-order chi connectivity index (χ1) is 19.8. The van der Waals surface area contributed by atoms with Gasteiger partial charge in [0, 0.05) is 24.2 Å². The van der Waals surface area contributed by atoms with Crippen molar-refractivity contribution in [1.29, 1.82) is 0 Å². The van der Waals surface area contributed by atoms with Crippen LogP contribution in [0.15, 0.2) is 11.6 Å². The number of esters is 1. The Morgan fingerprint density at radius 1 is 0.860 bits per heavy atom. The predicted octanol–water partition coefficient (Wildman–Crippen LogP) is 7.61. The largest absolute Gasteiger partial charge is 0.481 e. The highest BCUT2D eigenvalue weighted by molar-refractivity contribution is 5.95. The van der Waals surface area contributed by atoms with Crippen molar-refractivity contribution in [2.24, 2.45) is 50.2 Å². The minimum atomic E-state index is -0.849. The fourth-order valence-electron chi connectivity index (χ4n) is 11.3. The molecule has 5 aliphatic rings. The Kier molecular flexibility index (Phi) is 7.82. The minimum absolute atomic E-state index is 0.0302. The lowest BCUT2D eigenvalue weighted by Gasteiger charge is -2.70. The summed E-state index contributed by atoms with van der Waals surface area (Å²) in [6.45, 7) is 15.7. The Morgan fingerprint density at radius 2 is 1.51 bits per heavy atom. The Morgan fingerprint density at radius 3 is 2.16 bits per heavy atom. The number of allylic oxidation sites excluding steroid dienone is 2. The molecule has 5 rings (SSSR count). The summed E-state index contributed by atoms with van der Waals surface area (Å²) in [6, 6.07) is 0. The van der Waals surface area contributed by atoms with Crippen LogP contribution in [-0.4, -0.2) is 40.0 Å². The molecule has 0 aliphatic heterocycles. The first-order valence-corrected chi connectivity index (χ1v) is 16.7. The molecule has 0 heterocycles. The zero-order valence-electron chi connectivity index (χ0n) is 27.5. The molecule has 9 atom stereocenters. The van der Waals surface area contributed by atoms with Gasteiger partial charge in [0.15, 0.2) is 5.78 Å². The first-order valence-electron chi connectivity index (χ1n) is 16.7. The van der Waals surface area contributed by atoms with E-state index >= 15 is 0 Å². The summed E-state index contributed by atoms with van der Waals surface area (Å²) in [6.07, 6.45) is 10.7. The van der Waals surface area contributed by atoms with E-state index in [-0.39, 0.29) is 75.5 Å². The SMILES string of the molecule is CC1(C)[C@@H](OC(=O)CCCCC(=O)O)CC[C@]2(C)[C@H]3C(=O)C=C4[C@@H]5C[C@@](C)(C(=O)O)CC[C@]5(C)CC[C@@]4(C)[C@]3(C)CC[C@@H]12. The number of ether oxygens (including phenoxy) is 1. The van der Waals surface area contributed by atoms with E-state index < -0.39 is 17.4 Å². The molecular weight excluding hydrogens is 544 g/mol. The molecule has 0 bridgehead atoms. The van der Waals surface area contributed by atoms with E-state index in [4.69, 9.17) is 9.84 Å². The third kappa shape index (κ3) is 4.81. The van der Waals surface area contributed by atoms with E-state index in [1.165, 1.54) is 5.57 Å². The molecule has 2 N–H and O–H groups in total. The molecule has 0 aromatic heterocycles. The van der Waals surface area contributed by atoms with Crippen LogP contribution in [0, 0.1) is 50.2 Å². The highest BCUT2D eigenvalue weighted by Gasteiger charge is 2.70. The third-order valence-electron chi connectivity index (χ3n) is 14.3. The van der Waals surface area contributed by atoms with Crippen LogP contribution in [0.2, 0.25) is 0 Å². The van der Waals surface area contributed by atoms with Gasteiger partial charge in [0.1, 0.15) is 6.10 Å². The maximum absolute atomic E-state index is 14.5. The molecule has 0 aromatic rings. The van der Waals surface area contributed by atoms with Gasteiger partial charge in [-0.1, -0.05) is 47.1 Å². The van der Waals surface area contributed by atoms with Crippen molar-refractivity contribution in [3.8, 4) is 0 Å². The van der Waals surface area contributed by atoms with Crippen molar-refractivity contribution in [2.75, 3.05) is 0 Å². The van der Waals surface area contributed by atoms with Crippen LogP contribution in [0.1, 0.15) is 132 Å². The van der Waals surface area contributed by atoms with Gasteiger partial charge in [0.25, 0.3) is 0 Å².